The van der Waals surface area contributed by atoms with E-state index in [2.05, 4.69) is 20.4 Å². The molecular formula is C22H22N6O2. The Morgan fingerprint density at radius 2 is 1.93 bits per heavy atom. The number of benzene rings is 1. The van der Waals surface area contributed by atoms with E-state index in [1.165, 1.54) is 0 Å². The van der Waals surface area contributed by atoms with Crippen molar-refractivity contribution in [2.75, 3.05) is 5.32 Å². The predicted molar refractivity (Wildman–Crippen MR) is 115 cm³/mol. The first-order valence-corrected chi connectivity index (χ1v) is 9.83. The van der Waals surface area contributed by atoms with Gasteiger partial charge in [-0.25, -0.2) is 9.67 Å². The molecule has 0 aliphatic heterocycles. The zero-order valence-corrected chi connectivity index (χ0v) is 16.9. The molecule has 1 amide bonds. The summed E-state index contributed by atoms with van der Waals surface area (Å²) in [5.74, 6) is -0.191. The van der Waals surface area contributed by atoms with E-state index in [-0.39, 0.29) is 24.3 Å². The molecule has 8 nitrogen and oxygen atoms in total. The summed E-state index contributed by atoms with van der Waals surface area (Å²) in [5.41, 5.74) is 3.71. The van der Waals surface area contributed by atoms with Crippen LogP contribution in [0.3, 0.4) is 0 Å². The first kappa shape index (κ1) is 19.5. The molecule has 8 heteroatoms. The fraction of sp³-hybridized carbons (Fsp3) is 0.227. The standard InChI is InChI=1S/C22H22N6O2/c1-3-27-21-20(15(2)26-28(21)17-9-5-4-6-10-17)25-18(22(27)30)11-12-19(29)24-16-8-7-13-23-14-16/h4-10,13-14H,3,11-12H2,1-2H3,(H,24,29). The van der Waals surface area contributed by atoms with Gasteiger partial charge in [0, 0.05) is 25.6 Å². The number of nitrogens with one attached hydrogen (secondary N) is 1. The Balaban J connectivity index is 1.67. The minimum absolute atomic E-state index is 0.151. The average molecular weight is 402 g/mol. The van der Waals surface area contributed by atoms with Gasteiger partial charge in [0.2, 0.25) is 5.91 Å². The number of nitrogens with zero attached hydrogens (tertiary/aromatic N) is 5. The van der Waals surface area contributed by atoms with Crippen molar-refractivity contribution in [3.63, 3.8) is 0 Å². The lowest BCUT2D eigenvalue weighted by atomic mass is 10.2. The minimum atomic E-state index is -0.198. The van der Waals surface area contributed by atoms with Crippen molar-refractivity contribution in [2.45, 2.75) is 33.2 Å². The van der Waals surface area contributed by atoms with Crippen LogP contribution in [0.15, 0.2) is 59.7 Å². The third-order valence-corrected chi connectivity index (χ3v) is 4.85. The Bertz CT molecular complexity index is 1250. The molecular weight excluding hydrogens is 380 g/mol. The van der Waals surface area contributed by atoms with Crippen LogP contribution in [-0.2, 0) is 17.8 Å². The van der Waals surface area contributed by atoms with Crippen molar-refractivity contribution in [2.24, 2.45) is 0 Å². The SMILES string of the molecule is CCn1c(=O)c(CCC(=O)Nc2cccnc2)nc2c(C)nn(-c3ccccc3)c21. The van der Waals surface area contributed by atoms with Gasteiger partial charge < -0.3 is 5.32 Å². The van der Waals surface area contributed by atoms with Crippen LogP contribution in [0.5, 0.6) is 0 Å². The van der Waals surface area contributed by atoms with Crippen LogP contribution in [-0.4, -0.2) is 30.2 Å². The molecule has 1 aromatic carbocycles. The maximum Gasteiger partial charge on any atom is 0.273 e. The number of pyridine rings is 1. The number of para-hydroxylation sites is 1. The highest BCUT2D eigenvalue weighted by Crippen LogP contribution is 2.20. The molecule has 0 aliphatic carbocycles. The summed E-state index contributed by atoms with van der Waals surface area (Å²) in [5, 5.41) is 7.39. The van der Waals surface area contributed by atoms with E-state index in [0.29, 0.717) is 29.1 Å². The topological polar surface area (TPSA) is 94.7 Å². The second-order valence-electron chi connectivity index (χ2n) is 6.90. The number of carbonyl (C=O) groups is 1. The quantitative estimate of drug-likeness (QED) is 0.535. The number of aryl methyl sites for hydroxylation is 3. The monoisotopic (exact) mass is 402 g/mol. The summed E-state index contributed by atoms with van der Waals surface area (Å²) in [6, 6.07) is 13.2. The molecule has 1 N–H and O–H groups in total. The first-order chi connectivity index (χ1) is 14.6. The van der Waals surface area contributed by atoms with Crippen molar-refractivity contribution in [1.82, 2.24) is 24.3 Å². The van der Waals surface area contributed by atoms with Crippen molar-refractivity contribution < 1.29 is 4.79 Å². The number of amides is 1. The fourth-order valence-electron chi connectivity index (χ4n) is 3.41. The second kappa shape index (κ2) is 8.28. The van der Waals surface area contributed by atoms with Crippen LogP contribution < -0.4 is 10.9 Å². The summed E-state index contributed by atoms with van der Waals surface area (Å²) in [4.78, 5) is 33.9. The van der Waals surface area contributed by atoms with E-state index >= 15 is 0 Å². The van der Waals surface area contributed by atoms with Gasteiger partial charge >= 0.3 is 0 Å². The second-order valence-corrected chi connectivity index (χ2v) is 6.90. The molecule has 0 unspecified atom stereocenters. The first-order valence-electron chi connectivity index (χ1n) is 9.83. The van der Waals surface area contributed by atoms with Crippen LogP contribution in [0.25, 0.3) is 16.9 Å². The van der Waals surface area contributed by atoms with Gasteiger partial charge in [0.25, 0.3) is 5.56 Å². The molecule has 0 spiro atoms. The molecule has 0 saturated heterocycles. The van der Waals surface area contributed by atoms with Gasteiger partial charge in [0.05, 0.1) is 23.3 Å². The van der Waals surface area contributed by atoms with Crippen LogP contribution in [0.2, 0.25) is 0 Å². The van der Waals surface area contributed by atoms with Crippen molar-refractivity contribution in [3.8, 4) is 5.69 Å². The third kappa shape index (κ3) is 3.71. The third-order valence-electron chi connectivity index (χ3n) is 4.85. The summed E-state index contributed by atoms with van der Waals surface area (Å²) in [7, 11) is 0. The highest BCUT2D eigenvalue weighted by Gasteiger charge is 2.19. The van der Waals surface area contributed by atoms with Crippen LogP contribution in [0.4, 0.5) is 5.69 Å². The van der Waals surface area contributed by atoms with Crippen molar-refractivity contribution in [3.05, 3.63) is 76.6 Å². The van der Waals surface area contributed by atoms with E-state index in [0.717, 1.165) is 11.4 Å². The highest BCUT2D eigenvalue weighted by atomic mass is 16.1. The van der Waals surface area contributed by atoms with E-state index < -0.39 is 0 Å². The molecule has 0 saturated carbocycles. The summed E-state index contributed by atoms with van der Waals surface area (Å²) < 4.78 is 3.42. The lowest BCUT2D eigenvalue weighted by Crippen LogP contribution is -2.27. The van der Waals surface area contributed by atoms with Gasteiger partial charge in [-0.15, -0.1) is 0 Å². The largest absolute Gasteiger partial charge is 0.325 e. The summed E-state index contributed by atoms with van der Waals surface area (Å²) in [6.07, 6.45) is 3.61. The summed E-state index contributed by atoms with van der Waals surface area (Å²) >= 11 is 0. The van der Waals surface area contributed by atoms with Gasteiger partial charge in [0.15, 0.2) is 5.65 Å². The predicted octanol–water partition coefficient (Wildman–Crippen LogP) is 2.88. The number of hydrogen-bond donors (Lipinski definition) is 1. The zero-order chi connectivity index (χ0) is 21.1. The molecule has 3 heterocycles. The van der Waals surface area contributed by atoms with Gasteiger partial charge in [-0.2, -0.15) is 5.10 Å². The molecule has 4 rings (SSSR count). The smallest absolute Gasteiger partial charge is 0.273 e. The Hall–Kier alpha value is -3.81. The normalized spacial score (nSPS) is 11.0. The van der Waals surface area contributed by atoms with E-state index in [9.17, 15) is 9.59 Å². The number of rotatable bonds is 6. The van der Waals surface area contributed by atoms with Crippen LogP contribution >= 0.6 is 0 Å². The molecule has 0 bridgehead atoms. The molecule has 152 valence electrons. The van der Waals surface area contributed by atoms with Gasteiger partial charge in [-0.1, -0.05) is 18.2 Å². The lowest BCUT2D eigenvalue weighted by Gasteiger charge is -2.11. The number of aromatic nitrogens is 5. The Morgan fingerprint density at radius 1 is 1.13 bits per heavy atom. The fourth-order valence-corrected chi connectivity index (χ4v) is 3.41. The van der Waals surface area contributed by atoms with E-state index in [1.807, 2.05) is 44.2 Å². The Labute approximate surface area is 173 Å². The van der Waals surface area contributed by atoms with Crippen molar-refractivity contribution >= 4 is 22.8 Å². The van der Waals surface area contributed by atoms with E-state index in [4.69, 9.17) is 0 Å². The molecule has 0 fully saturated rings. The molecule has 30 heavy (non-hydrogen) atoms. The van der Waals surface area contributed by atoms with Crippen LogP contribution in [0.1, 0.15) is 24.7 Å². The Kier molecular flexibility index (Phi) is 5.38. The number of anilines is 1. The van der Waals surface area contributed by atoms with Gasteiger partial charge in [0.1, 0.15) is 11.2 Å². The van der Waals surface area contributed by atoms with Crippen molar-refractivity contribution in [1.29, 1.82) is 0 Å². The molecule has 0 radical (unpaired) electrons. The maximum absolute atomic E-state index is 13.1. The van der Waals surface area contributed by atoms with E-state index in [1.54, 1.807) is 33.8 Å². The molecule has 4 aromatic rings. The molecule has 3 aromatic heterocycles. The maximum atomic E-state index is 13.1. The zero-order valence-electron chi connectivity index (χ0n) is 16.9. The van der Waals surface area contributed by atoms with Gasteiger partial charge in [-0.3, -0.25) is 19.1 Å². The average Bonchev–Trinajstić information content (AvgIpc) is 3.09. The summed E-state index contributed by atoms with van der Waals surface area (Å²) in [6.45, 7) is 4.26. The highest BCUT2D eigenvalue weighted by molar-refractivity contribution is 5.90. The lowest BCUT2D eigenvalue weighted by molar-refractivity contribution is -0.116. The minimum Gasteiger partial charge on any atom is -0.325 e. The Morgan fingerprint density at radius 3 is 2.63 bits per heavy atom. The van der Waals surface area contributed by atoms with Gasteiger partial charge in [-0.05, 0) is 38.1 Å². The number of hydrogen-bond acceptors (Lipinski definition) is 5. The number of fused-ring (bicyclic) bond motifs is 1. The molecule has 0 aliphatic rings. The number of carbonyl (C=O) groups excluding carboxylic acids is 1. The van der Waals surface area contributed by atoms with Crippen LogP contribution in [0, 0.1) is 6.92 Å². The molecule has 0 atom stereocenters.